The summed E-state index contributed by atoms with van der Waals surface area (Å²) in [6, 6.07) is 14.1. The van der Waals surface area contributed by atoms with E-state index in [2.05, 4.69) is 0 Å². The number of carbonyl (C=O) groups is 2. The number of esters is 2. The van der Waals surface area contributed by atoms with Gasteiger partial charge in [0.25, 0.3) is 0 Å². The summed E-state index contributed by atoms with van der Waals surface area (Å²) in [5.41, 5.74) is 2.94. The van der Waals surface area contributed by atoms with Crippen molar-refractivity contribution in [2.24, 2.45) is 0 Å². The average Bonchev–Trinajstić information content (AvgIpc) is 3.09. The highest BCUT2D eigenvalue weighted by Crippen LogP contribution is 2.26. The zero-order valence-corrected chi connectivity index (χ0v) is 16.3. The van der Waals surface area contributed by atoms with Crippen molar-refractivity contribution in [3.05, 3.63) is 70.8 Å². The Morgan fingerprint density at radius 2 is 1.50 bits per heavy atom. The predicted molar refractivity (Wildman–Crippen MR) is 102 cm³/mol. The van der Waals surface area contributed by atoms with E-state index >= 15 is 0 Å². The lowest BCUT2D eigenvalue weighted by Gasteiger charge is -2.18. The summed E-state index contributed by atoms with van der Waals surface area (Å²) < 4.78 is 21.1. The van der Waals surface area contributed by atoms with E-state index in [1.807, 2.05) is 38.1 Å². The van der Waals surface area contributed by atoms with E-state index < -0.39 is 30.4 Å². The molecule has 7 heteroatoms. The van der Waals surface area contributed by atoms with Gasteiger partial charge in [0.05, 0.1) is 23.0 Å². The maximum absolute atomic E-state index is 12.4. The summed E-state index contributed by atoms with van der Waals surface area (Å²) in [6.07, 6.45) is -1.83. The van der Waals surface area contributed by atoms with Crippen LogP contribution in [0.25, 0.3) is 0 Å². The molecule has 2 aromatic carbocycles. The number of halogens is 1. The number of rotatable bonds is 6. The number of hydrogen-bond donors (Lipinski definition) is 0. The van der Waals surface area contributed by atoms with E-state index in [1.165, 1.54) is 0 Å². The van der Waals surface area contributed by atoms with Crippen molar-refractivity contribution in [3.8, 4) is 0 Å². The van der Waals surface area contributed by atoms with Gasteiger partial charge in [0.1, 0.15) is 18.8 Å². The van der Waals surface area contributed by atoms with Gasteiger partial charge < -0.3 is 14.2 Å². The first-order valence-electron chi connectivity index (χ1n) is 8.90. The van der Waals surface area contributed by atoms with E-state index in [0.29, 0.717) is 11.1 Å². The van der Waals surface area contributed by atoms with Gasteiger partial charge in [-0.05, 0) is 38.1 Å². The molecule has 2 aromatic rings. The van der Waals surface area contributed by atoms with Crippen molar-refractivity contribution >= 4 is 23.8 Å². The minimum Gasteiger partial charge on any atom is -0.459 e. The predicted octanol–water partition coefficient (Wildman–Crippen LogP) is 3.97. The number of hydrogen-bond acceptors (Lipinski definition) is 6. The maximum Gasteiger partial charge on any atom is 0.338 e. The topological polar surface area (TPSA) is 71.1 Å². The van der Waals surface area contributed by atoms with Crippen LogP contribution in [0.5, 0.6) is 0 Å². The fourth-order valence-corrected chi connectivity index (χ4v) is 2.95. The van der Waals surface area contributed by atoms with Crippen LogP contribution in [0, 0.1) is 13.8 Å². The van der Waals surface area contributed by atoms with Crippen LogP contribution < -0.4 is 0 Å². The van der Waals surface area contributed by atoms with Crippen molar-refractivity contribution in [2.75, 3.05) is 6.61 Å². The normalized spacial score (nSPS) is 21.3. The van der Waals surface area contributed by atoms with Gasteiger partial charge in [-0.2, -0.15) is 0 Å². The minimum absolute atomic E-state index is 0.0880. The molecule has 148 valence electrons. The molecule has 1 saturated heterocycles. The molecule has 0 spiro atoms. The Morgan fingerprint density at radius 3 is 2.04 bits per heavy atom. The lowest BCUT2D eigenvalue weighted by atomic mass is 10.1. The molecule has 1 heterocycles. The Kier molecular flexibility index (Phi) is 6.67. The van der Waals surface area contributed by atoms with Crippen LogP contribution in [-0.2, 0) is 18.5 Å². The number of benzene rings is 2. The maximum atomic E-state index is 12.4. The molecule has 0 saturated carbocycles. The third-order valence-electron chi connectivity index (χ3n) is 4.48. The standard InChI is InChI=1S/C21H21ClO6/c1-13-3-7-15(8-4-13)20(23)25-12-18-17(11-19(26-18)28-22)27-21(24)16-9-5-14(2)6-10-16/h3-10,17-19H,11-12H2,1-2H3/t17-,18+,19?/m0/s1. The Hall–Kier alpha value is -2.41. The Bertz CT molecular complexity index is 818. The zero-order valence-electron chi connectivity index (χ0n) is 15.6. The molecule has 0 N–H and O–H groups in total. The van der Waals surface area contributed by atoms with Crippen molar-refractivity contribution in [3.63, 3.8) is 0 Å². The van der Waals surface area contributed by atoms with Crippen LogP contribution in [-0.4, -0.2) is 37.0 Å². The second-order valence-corrected chi connectivity index (χ2v) is 6.88. The van der Waals surface area contributed by atoms with Crippen LogP contribution in [0.1, 0.15) is 38.3 Å². The fraction of sp³-hybridized carbons (Fsp3) is 0.333. The largest absolute Gasteiger partial charge is 0.459 e. The van der Waals surface area contributed by atoms with E-state index in [0.717, 1.165) is 11.1 Å². The van der Waals surface area contributed by atoms with Gasteiger partial charge >= 0.3 is 11.9 Å². The zero-order chi connectivity index (χ0) is 20.1. The molecule has 1 fully saturated rings. The van der Waals surface area contributed by atoms with Gasteiger partial charge in [-0.15, -0.1) is 0 Å². The van der Waals surface area contributed by atoms with Crippen LogP contribution in [0.3, 0.4) is 0 Å². The second kappa shape index (κ2) is 9.19. The molecular formula is C21H21ClO6. The van der Waals surface area contributed by atoms with Gasteiger partial charge in [0, 0.05) is 6.42 Å². The number of carbonyl (C=O) groups excluding carboxylic acids is 2. The highest BCUT2D eigenvalue weighted by Gasteiger charge is 2.39. The molecule has 1 unspecified atom stereocenters. The van der Waals surface area contributed by atoms with Gasteiger partial charge in [-0.1, -0.05) is 35.4 Å². The summed E-state index contributed by atoms with van der Waals surface area (Å²) in [4.78, 5) is 24.6. The Morgan fingerprint density at radius 1 is 0.964 bits per heavy atom. The third-order valence-corrected chi connectivity index (χ3v) is 4.68. The average molecular weight is 405 g/mol. The van der Waals surface area contributed by atoms with Gasteiger partial charge in [-0.3, -0.25) is 0 Å². The van der Waals surface area contributed by atoms with E-state index in [4.69, 9.17) is 30.4 Å². The molecule has 6 nitrogen and oxygen atoms in total. The molecule has 1 aliphatic rings. The number of ether oxygens (including phenoxy) is 3. The third kappa shape index (κ3) is 5.10. The van der Waals surface area contributed by atoms with Crippen LogP contribution in [0.15, 0.2) is 48.5 Å². The molecule has 0 bridgehead atoms. The number of aryl methyl sites for hydroxylation is 2. The first kappa shape index (κ1) is 20.3. The quantitative estimate of drug-likeness (QED) is 0.678. The Balaban J connectivity index is 1.61. The first-order chi connectivity index (χ1) is 13.5. The molecule has 0 aromatic heterocycles. The smallest absolute Gasteiger partial charge is 0.338 e. The van der Waals surface area contributed by atoms with Crippen LogP contribution in [0.2, 0.25) is 0 Å². The molecular weight excluding hydrogens is 384 g/mol. The summed E-state index contributed by atoms with van der Waals surface area (Å²) in [6.45, 7) is 3.77. The van der Waals surface area contributed by atoms with Crippen LogP contribution in [0.4, 0.5) is 0 Å². The lowest BCUT2D eigenvalue weighted by molar-refractivity contribution is -0.0943. The van der Waals surface area contributed by atoms with Crippen molar-refractivity contribution in [1.82, 2.24) is 0 Å². The fourth-order valence-electron chi connectivity index (χ4n) is 2.83. The molecule has 0 radical (unpaired) electrons. The van der Waals surface area contributed by atoms with E-state index in [9.17, 15) is 9.59 Å². The highest BCUT2D eigenvalue weighted by atomic mass is 35.5. The van der Waals surface area contributed by atoms with Crippen molar-refractivity contribution < 1.29 is 28.1 Å². The van der Waals surface area contributed by atoms with Crippen LogP contribution >= 0.6 is 11.9 Å². The molecule has 3 atom stereocenters. The van der Waals surface area contributed by atoms with Gasteiger partial charge in [0.15, 0.2) is 6.29 Å². The highest BCUT2D eigenvalue weighted by molar-refractivity contribution is 6.07. The summed E-state index contributed by atoms with van der Waals surface area (Å²) in [5.74, 6) is -0.971. The SMILES string of the molecule is Cc1ccc(C(=O)OC[C@H]2OC(OCl)C[C@@H]2OC(=O)c2ccc(C)cc2)cc1. The van der Waals surface area contributed by atoms with Crippen molar-refractivity contribution in [2.45, 2.75) is 38.8 Å². The Labute approximate surface area is 168 Å². The summed E-state index contributed by atoms with van der Waals surface area (Å²) in [5, 5.41) is 0. The monoisotopic (exact) mass is 404 g/mol. The second-order valence-electron chi connectivity index (χ2n) is 6.70. The van der Waals surface area contributed by atoms with Gasteiger partial charge in [-0.25, -0.2) is 13.9 Å². The lowest BCUT2D eigenvalue weighted by Crippen LogP contribution is -2.32. The summed E-state index contributed by atoms with van der Waals surface area (Å²) >= 11 is 5.41. The first-order valence-corrected chi connectivity index (χ1v) is 9.21. The van der Waals surface area contributed by atoms with Crippen molar-refractivity contribution in [1.29, 1.82) is 0 Å². The van der Waals surface area contributed by atoms with Gasteiger partial charge in [0.2, 0.25) is 0 Å². The molecule has 3 rings (SSSR count). The molecule has 1 aliphatic heterocycles. The molecule has 0 amide bonds. The minimum atomic E-state index is -0.749. The van der Waals surface area contributed by atoms with E-state index in [-0.39, 0.29) is 13.0 Å². The molecule has 28 heavy (non-hydrogen) atoms. The summed E-state index contributed by atoms with van der Waals surface area (Å²) in [7, 11) is 0. The van der Waals surface area contributed by atoms with E-state index in [1.54, 1.807) is 24.3 Å². The molecule has 0 aliphatic carbocycles.